The van der Waals surface area contributed by atoms with E-state index in [9.17, 15) is 4.79 Å². The van der Waals surface area contributed by atoms with Gasteiger partial charge in [-0.25, -0.2) is 4.79 Å². The molecule has 0 aromatic carbocycles. The predicted octanol–water partition coefficient (Wildman–Crippen LogP) is 4.16. The van der Waals surface area contributed by atoms with E-state index >= 15 is 0 Å². The monoisotopic (exact) mass is 266 g/mol. The molecule has 3 heterocycles. The van der Waals surface area contributed by atoms with Crippen molar-refractivity contribution in [3.05, 3.63) is 44.8 Å². The summed E-state index contributed by atoms with van der Waals surface area (Å²) in [4.78, 5) is 14.1. The van der Waals surface area contributed by atoms with Gasteiger partial charge in [-0.15, -0.1) is 22.7 Å². The first-order valence-corrected chi connectivity index (χ1v) is 7.14. The first-order valence-electron chi connectivity index (χ1n) is 4.56. The van der Waals surface area contributed by atoms with Crippen molar-refractivity contribution in [2.45, 2.75) is 0 Å². The molecule has 3 aromatic heterocycles. The second kappa shape index (κ2) is 4.01. The molecular formula is C11H6O2S3. The summed E-state index contributed by atoms with van der Waals surface area (Å²) in [6.07, 6.45) is 0. The van der Waals surface area contributed by atoms with E-state index in [1.165, 1.54) is 11.3 Å². The zero-order valence-electron chi connectivity index (χ0n) is 8.01. The third-order valence-electron chi connectivity index (χ3n) is 2.07. The van der Waals surface area contributed by atoms with Crippen LogP contribution in [0.3, 0.4) is 0 Å². The summed E-state index contributed by atoms with van der Waals surface area (Å²) in [5, 5.41) is 3.98. The van der Waals surface area contributed by atoms with Crippen molar-refractivity contribution in [2.75, 3.05) is 0 Å². The van der Waals surface area contributed by atoms with Crippen LogP contribution in [0.5, 0.6) is 0 Å². The van der Waals surface area contributed by atoms with Crippen molar-refractivity contribution in [3.8, 4) is 20.4 Å². The summed E-state index contributed by atoms with van der Waals surface area (Å²) in [6.45, 7) is 0. The van der Waals surface area contributed by atoms with Gasteiger partial charge in [-0.2, -0.15) is 0 Å². The van der Waals surface area contributed by atoms with Crippen molar-refractivity contribution in [2.24, 2.45) is 0 Å². The van der Waals surface area contributed by atoms with Gasteiger partial charge in [0.25, 0.3) is 0 Å². The third-order valence-corrected chi connectivity index (χ3v) is 4.81. The van der Waals surface area contributed by atoms with Gasteiger partial charge in [-0.05, 0) is 22.9 Å². The van der Waals surface area contributed by atoms with Crippen LogP contribution in [0, 0.1) is 0 Å². The van der Waals surface area contributed by atoms with E-state index in [0.717, 1.165) is 14.6 Å². The van der Waals surface area contributed by atoms with E-state index in [4.69, 9.17) is 4.42 Å². The molecule has 5 heteroatoms. The van der Waals surface area contributed by atoms with Gasteiger partial charge < -0.3 is 4.42 Å². The fourth-order valence-corrected chi connectivity index (χ4v) is 3.83. The van der Waals surface area contributed by atoms with Crippen LogP contribution in [0.2, 0.25) is 0 Å². The Morgan fingerprint density at radius 2 is 1.69 bits per heavy atom. The van der Waals surface area contributed by atoms with Gasteiger partial charge in [0.1, 0.15) is 0 Å². The Labute approximate surface area is 103 Å². The minimum atomic E-state index is -0.244. The molecule has 0 amide bonds. The lowest BCUT2D eigenvalue weighted by Crippen LogP contribution is -1.80. The summed E-state index contributed by atoms with van der Waals surface area (Å²) in [7, 11) is 0. The van der Waals surface area contributed by atoms with E-state index in [1.807, 2.05) is 35.0 Å². The van der Waals surface area contributed by atoms with E-state index in [1.54, 1.807) is 22.7 Å². The SMILES string of the molecule is O=c1oc(-c2cccs2)c(-c2cccs2)s1. The molecule has 0 saturated heterocycles. The maximum Gasteiger partial charge on any atom is 0.396 e. The van der Waals surface area contributed by atoms with Gasteiger partial charge in [0.15, 0.2) is 5.76 Å². The fraction of sp³-hybridized carbons (Fsp3) is 0. The summed E-state index contributed by atoms with van der Waals surface area (Å²) in [6, 6.07) is 7.90. The number of hydrogen-bond acceptors (Lipinski definition) is 5. The maximum atomic E-state index is 11.4. The Balaban J connectivity index is 2.23. The van der Waals surface area contributed by atoms with Crippen LogP contribution in [-0.2, 0) is 0 Å². The molecule has 0 bridgehead atoms. The van der Waals surface area contributed by atoms with Crippen LogP contribution in [0.1, 0.15) is 0 Å². The number of rotatable bonds is 2. The van der Waals surface area contributed by atoms with Crippen LogP contribution in [-0.4, -0.2) is 0 Å². The van der Waals surface area contributed by atoms with Crippen LogP contribution in [0.25, 0.3) is 20.4 Å². The van der Waals surface area contributed by atoms with E-state index < -0.39 is 0 Å². The standard InChI is InChI=1S/C11H6O2S3/c12-11-13-9(7-3-1-5-14-7)10(16-11)8-4-2-6-15-8/h1-6H. The average Bonchev–Trinajstić information content (AvgIpc) is 2.98. The molecule has 0 fully saturated rings. The van der Waals surface area contributed by atoms with Gasteiger partial charge in [0, 0.05) is 4.88 Å². The lowest BCUT2D eigenvalue weighted by atomic mass is 10.3. The lowest BCUT2D eigenvalue weighted by Gasteiger charge is -1.94. The largest absolute Gasteiger partial charge is 0.412 e. The van der Waals surface area contributed by atoms with Crippen molar-refractivity contribution in [3.63, 3.8) is 0 Å². The maximum absolute atomic E-state index is 11.4. The lowest BCUT2D eigenvalue weighted by molar-refractivity contribution is 0.554. The van der Waals surface area contributed by atoms with Gasteiger partial charge >= 0.3 is 4.94 Å². The third kappa shape index (κ3) is 1.67. The fourth-order valence-electron chi connectivity index (χ4n) is 1.42. The second-order valence-corrected chi connectivity index (χ2v) is 5.91. The molecule has 0 radical (unpaired) electrons. The van der Waals surface area contributed by atoms with Gasteiger partial charge in [-0.3, -0.25) is 0 Å². The smallest absolute Gasteiger partial charge is 0.396 e. The Hall–Kier alpha value is -1.17. The Morgan fingerprint density at radius 1 is 1.00 bits per heavy atom. The highest BCUT2D eigenvalue weighted by atomic mass is 32.1. The van der Waals surface area contributed by atoms with Crippen molar-refractivity contribution >= 4 is 34.0 Å². The van der Waals surface area contributed by atoms with Gasteiger partial charge in [0.05, 0.1) is 9.75 Å². The Kier molecular flexibility index (Phi) is 2.51. The average molecular weight is 266 g/mol. The molecule has 0 N–H and O–H groups in total. The van der Waals surface area contributed by atoms with Crippen LogP contribution in [0.4, 0.5) is 0 Å². The quantitative estimate of drug-likeness (QED) is 0.697. The van der Waals surface area contributed by atoms with E-state index in [0.29, 0.717) is 5.76 Å². The summed E-state index contributed by atoms with van der Waals surface area (Å²) in [5.74, 6) is 0.701. The highest BCUT2D eigenvalue weighted by molar-refractivity contribution is 7.21. The molecular weight excluding hydrogens is 260 g/mol. The van der Waals surface area contributed by atoms with Gasteiger partial charge in [-0.1, -0.05) is 23.5 Å². The molecule has 80 valence electrons. The number of thiophene rings is 2. The van der Waals surface area contributed by atoms with Crippen molar-refractivity contribution in [1.29, 1.82) is 0 Å². The van der Waals surface area contributed by atoms with Crippen LogP contribution < -0.4 is 4.94 Å². The Morgan fingerprint density at radius 3 is 2.31 bits per heavy atom. The number of hydrogen-bond donors (Lipinski definition) is 0. The molecule has 0 saturated carbocycles. The normalized spacial score (nSPS) is 10.8. The molecule has 3 rings (SSSR count). The minimum Gasteiger partial charge on any atom is -0.412 e. The molecule has 0 aliphatic carbocycles. The predicted molar refractivity (Wildman–Crippen MR) is 69.5 cm³/mol. The molecule has 0 aliphatic heterocycles. The van der Waals surface area contributed by atoms with Crippen LogP contribution >= 0.6 is 34.0 Å². The van der Waals surface area contributed by atoms with Crippen LogP contribution in [0.15, 0.2) is 44.2 Å². The summed E-state index contributed by atoms with van der Waals surface area (Å²) in [5.41, 5.74) is 0. The molecule has 0 spiro atoms. The molecule has 16 heavy (non-hydrogen) atoms. The van der Waals surface area contributed by atoms with E-state index in [2.05, 4.69) is 0 Å². The summed E-state index contributed by atoms with van der Waals surface area (Å²) >= 11 is 4.36. The van der Waals surface area contributed by atoms with Crippen molar-refractivity contribution < 1.29 is 4.42 Å². The first-order chi connectivity index (χ1) is 7.84. The summed E-state index contributed by atoms with van der Waals surface area (Å²) < 4.78 is 5.26. The Bertz CT molecular complexity index is 574. The second-order valence-electron chi connectivity index (χ2n) is 3.07. The molecule has 0 aliphatic rings. The van der Waals surface area contributed by atoms with Gasteiger partial charge in [0.2, 0.25) is 0 Å². The van der Waals surface area contributed by atoms with E-state index in [-0.39, 0.29) is 4.94 Å². The minimum absolute atomic E-state index is 0.244. The zero-order valence-corrected chi connectivity index (χ0v) is 10.5. The molecule has 0 unspecified atom stereocenters. The molecule has 2 nitrogen and oxygen atoms in total. The van der Waals surface area contributed by atoms with Crippen molar-refractivity contribution in [1.82, 2.24) is 0 Å². The molecule has 3 aromatic rings. The zero-order chi connectivity index (χ0) is 11.0. The molecule has 0 atom stereocenters. The highest BCUT2D eigenvalue weighted by Gasteiger charge is 2.16. The topological polar surface area (TPSA) is 30.2 Å². The highest BCUT2D eigenvalue weighted by Crippen LogP contribution is 2.38. The first kappa shape index (κ1) is 10.0.